The summed E-state index contributed by atoms with van der Waals surface area (Å²) in [6, 6.07) is 15.8. The van der Waals surface area contributed by atoms with Gasteiger partial charge in [-0.25, -0.2) is 9.98 Å². The molecular weight excluding hydrogens is 470 g/mol. The van der Waals surface area contributed by atoms with Gasteiger partial charge in [-0.2, -0.15) is 5.10 Å². The van der Waals surface area contributed by atoms with Crippen LogP contribution >= 0.6 is 0 Å². The highest BCUT2D eigenvalue weighted by Gasteiger charge is 2.40. The van der Waals surface area contributed by atoms with Gasteiger partial charge in [-0.15, -0.1) is 0 Å². The maximum absolute atomic E-state index is 6.94. The Hall–Kier alpha value is -4.35. The fourth-order valence-electron chi connectivity index (χ4n) is 4.74. The molecule has 0 amide bonds. The van der Waals surface area contributed by atoms with Gasteiger partial charge in [-0.1, -0.05) is 18.2 Å². The Labute approximate surface area is 214 Å². The van der Waals surface area contributed by atoms with Crippen molar-refractivity contribution >= 4 is 28.7 Å². The third-order valence-electron chi connectivity index (χ3n) is 6.58. The molecule has 4 heterocycles. The van der Waals surface area contributed by atoms with Crippen LogP contribution in [-0.4, -0.2) is 54.9 Å². The molecule has 0 radical (unpaired) electrons. The van der Waals surface area contributed by atoms with Crippen molar-refractivity contribution in [3.63, 3.8) is 0 Å². The number of rotatable bonds is 5. The summed E-state index contributed by atoms with van der Waals surface area (Å²) in [6.45, 7) is 3.04. The summed E-state index contributed by atoms with van der Waals surface area (Å²) in [6.07, 6.45) is 3.72. The number of aromatic nitrogens is 2. The molecule has 11 nitrogen and oxygen atoms in total. The number of aryl methyl sites for hydroxylation is 1. The van der Waals surface area contributed by atoms with Gasteiger partial charge in [0.1, 0.15) is 11.6 Å². The monoisotopic (exact) mass is 499 g/mol. The second-order valence-corrected chi connectivity index (χ2v) is 9.02. The molecule has 1 unspecified atom stereocenters. The first-order valence-electron chi connectivity index (χ1n) is 12.1. The number of fused-ring (bicyclic) bond motifs is 1. The van der Waals surface area contributed by atoms with Gasteiger partial charge in [0, 0.05) is 49.3 Å². The van der Waals surface area contributed by atoms with Crippen LogP contribution in [0.1, 0.15) is 11.1 Å². The van der Waals surface area contributed by atoms with Gasteiger partial charge in [0.2, 0.25) is 5.79 Å². The van der Waals surface area contributed by atoms with Crippen LogP contribution in [0.5, 0.6) is 5.75 Å². The van der Waals surface area contributed by atoms with Crippen LogP contribution in [-0.2, 0) is 17.6 Å². The lowest BCUT2D eigenvalue weighted by molar-refractivity contribution is 0.122. The van der Waals surface area contributed by atoms with E-state index in [-0.39, 0.29) is 0 Å². The molecule has 0 aliphatic carbocycles. The zero-order valence-electron chi connectivity index (χ0n) is 20.7. The summed E-state index contributed by atoms with van der Waals surface area (Å²) in [7, 11) is 3.51. The number of morpholine rings is 1. The lowest BCUT2D eigenvalue weighted by Crippen LogP contribution is -2.43. The number of nitrogens with zero attached hydrogens (tertiary/aromatic N) is 5. The second-order valence-electron chi connectivity index (χ2n) is 9.02. The van der Waals surface area contributed by atoms with Gasteiger partial charge in [0.25, 0.3) is 0 Å². The number of hydrogen-bond acceptors (Lipinski definition) is 10. The topological polar surface area (TPSA) is 126 Å². The molecule has 1 saturated heterocycles. The summed E-state index contributed by atoms with van der Waals surface area (Å²) < 4.78 is 13.0. The molecule has 0 bridgehead atoms. The molecular formula is C26H29N9O2. The number of hydrogen-bond donors (Lipinski definition) is 4. The van der Waals surface area contributed by atoms with Crippen LogP contribution < -0.4 is 31.5 Å². The highest BCUT2D eigenvalue weighted by molar-refractivity contribution is 6.33. The molecule has 2 aromatic carbocycles. The molecule has 0 saturated carbocycles. The zero-order chi connectivity index (χ0) is 25.4. The fraction of sp³-hybridized carbons (Fsp3) is 0.269. The number of amidine groups is 2. The molecule has 3 aliphatic rings. The molecule has 190 valence electrons. The van der Waals surface area contributed by atoms with Crippen LogP contribution in [0.25, 0.3) is 5.70 Å². The molecule has 6 rings (SSSR count). The average Bonchev–Trinajstić information content (AvgIpc) is 3.55. The Bertz CT molecular complexity index is 1410. The third kappa shape index (κ3) is 4.28. The predicted molar refractivity (Wildman–Crippen MR) is 143 cm³/mol. The van der Waals surface area contributed by atoms with Crippen molar-refractivity contribution < 1.29 is 9.47 Å². The van der Waals surface area contributed by atoms with E-state index in [4.69, 9.17) is 25.2 Å². The van der Waals surface area contributed by atoms with Crippen LogP contribution in [0, 0.1) is 0 Å². The number of anilines is 2. The van der Waals surface area contributed by atoms with Crippen LogP contribution in [0.15, 0.2) is 76.5 Å². The second kappa shape index (κ2) is 9.26. The van der Waals surface area contributed by atoms with E-state index in [1.165, 1.54) is 0 Å². The van der Waals surface area contributed by atoms with Crippen LogP contribution in [0.4, 0.5) is 11.4 Å². The normalized spacial score (nSPS) is 21.0. The standard InChI is InChI=1S/C26H29N9O2/c1-34-16-17(15-28-34)23-22-24(29-18-6-4-3-5-7-18)30-26(27,31-25(22)33-32-23)20-9-8-19(14-21(20)36-2)35-10-12-37-13-11-35/h3-9,14-16H,10-13,27H2,1-2H3,(H,29,30)(H2,31,32,33). The van der Waals surface area contributed by atoms with Gasteiger partial charge < -0.3 is 19.7 Å². The zero-order valence-corrected chi connectivity index (χ0v) is 20.7. The predicted octanol–water partition coefficient (Wildman–Crippen LogP) is 1.78. The summed E-state index contributed by atoms with van der Waals surface area (Å²) in [5.41, 5.74) is 18.4. The maximum atomic E-state index is 6.94. The molecule has 0 spiro atoms. The van der Waals surface area contributed by atoms with Gasteiger partial charge in [0.05, 0.1) is 43.4 Å². The third-order valence-corrected chi connectivity index (χ3v) is 6.58. The van der Waals surface area contributed by atoms with E-state index in [9.17, 15) is 0 Å². The number of para-hydroxylation sites is 1. The van der Waals surface area contributed by atoms with Crippen molar-refractivity contribution in [2.24, 2.45) is 22.8 Å². The van der Waals surface area contributed by atoms with E-state index in [0.717, 1.165) is 41.3 Å². The van der Waals surface area contributed by atoms with Crippen molar-refractivity contribution in [1.82, 2.24) is 20.6 Å². The number of aliphatic imine (C=N–C) groups is 2. The summed E-state index contributed by atoms with van der Waals surface area (Å²) in [5, 5.41) is 7.76. The van der Waals surface area contributed by atoms with E-state index >= 15 is 0 Å². The van der Waals surface area contributed by atoms with E-state index in [2.05, 4.69) is 26.2 Å². The Morgan fingerprint density at radius 1 is 1.08 bits per heavy atom. The van der Waals surface area contributed by atoms with Crippen molar-refractivity contribution in [3.8, 4) is 5.75 Å². The number of ether oxygens (including phenoxy) is 2. The fourth-order valence-corrected chi connectivity index (χ4v) is 4.74. The average molecular weight is 500 g/mol. The lowest BCUT2D eigenvalue weighted by atomic mass is 10.0. The molecule has 1 fully saturated rings. The van der Waals surface area contributed by atoms with Crippen molar-refractivity contribution in [3.05, 3.63) is 77.6 Å². The first-order chi connectivity index (χ1) is 18.0. The van der Waals surface area contributed by atoms with E-state index < -0.39 is 5.79 Å². The molecule has 3 aromatic rings. The minimum atomic E-state index is -1.43. The van der Waals surface area contributed by atoms with Crippen LogP contribution in [0.3, 0.4) is 0 Å². The minimum Gasteiger partial charge on any atom is -0.496 e. The van der Waals surface area contributed by atoms with Crippen molar-refractivity contribution in [2.45, 2.75) is 5.79 Å². The number of methoxy groups -OCH3 is 1. The maximum Gasteiger partial charge on any atom is 0.236 e. The summed E-state index contributed by atoms with van der Waals surface area (Å²) >= 11 is 0. The smallest absolute Gasteiger partial charge is 0.236 e. The van der Waals surface area contributed by atoms with E-state index in [0.29, 0.717) is 36.2 Å². The summed E-state index contributed by atoms with van der Waals surface area (Å²) in [4.78, 5) is 12.1. The molecule has 5 N–H and O–H groups in total. The van der Waals surface area contributed by atoms with Crippen molar-refractivity contribution in [2.75, 3.05) is 43.6 Å². The van der Waals surface area contributed by atoms with Crippen LogP contribution in [0.2, 0.25) is 0 Å². The Kier molecular flexibility index (Phi) is 5.78. The highest BCUT2D eigenvalue weighted by atomic mass is 16.5. The van der Waals surface area contributed by atoms with Gasteiger partial charge in [-0.3, -0.25) is 21.3 Å². The van der Waals surface area contributed by atoms with Crippen molar-refractivity contribution in [1.29, 1.82) is 0 Å². The number of nitrogens with two attached hydrogens (primary N) is 1. The van der Waals surface area contributed by atoms with E-state index in [1.54, 1.807) is 18.0 Å². The molecule has 37 heavy (non-hydrogen) atoms. The Morgan fingerprint density at radius 2 is 1.89 bits per heavy atom. The number of nitrogens with one attached hydrogen (secondary N) is 3. The first-order valence-corrected chi connectivity index (χ1v) is 12.1. The Morgan fingerprint density at radius 3 is 2.62 bits per heavy atom. The molecule has 3 aliphatic heterocycles. The van der Waals surface area contributed by atoms with Gasteiger partial charge in [0.15, 0.2) is 5.84 Å². The minimum absolute atomic E-state index is 0.578. The molecule has 1 aromatic heterocycles. The van der Waals surface area contributed by atoms with Gasteiger partial charge in [-0.05, 0) is 24.3 Å². The quantitative estimate of drug-likeness (QED) is 0.419. The highest BCUT2D eigenvalue weighted by Crippen LogP contribution is 2.38. The molecule has 11 heteroatoms. The lowest BCUT2D eigenvalue weighted by Gasteiger charge is -2.32. The largest absolute Gasteiger partial charge is 0.496 e. The molecule has 1 atom stereocenters. The first kappa shape index (κ1) is 23.1. The van der Waals surface area contributed by atoms with E-state index in [1.807, 2.05) is 61.8 Å². The SMILES string of the molecule is COc1cc(N2CCOCC2)ccc1C1(N)N=C2NNC(c3cnn(C)c3)=C2C(Nc2ccccc2)=N1. The summed E-state index contributed by atoms with van der Waals surface area (Å²) in [5.74, 6) is 0.345. The Balaban J connectivity index is 1.45. The number of benzene rings is 2. The van der Waals surface area contributed by atoms with Gasteiger partial charge >= 0.3 is 0 Å². The number of hydrazine groups is 1.